The summed E-state index contributed by atoms with van der Waals surface area (Å²) in [5.41, 5.74) is 2.49. The van der Waals surface area contributed by atoms with Gasteiger partial charge in [-0.2, -0.15) is 4.31 Å². The summed E-state index contributed by atoms with van der Waals surface area (Å²) in [5.74, 6) is 0. The van der Waals surface area contributed by atoms with Crippen molar-refractivity contribution in [2.24, 2.45) is 5.41 Å². The molecule has 2 aliphatic carbocycles. The summed E-state index contributed by atoms with van der Waals surface area (Å²) in [6.07, 6.45) is 13.2. The molecule has 1 fully saturated rings. The van der Waals surface area contributed by atoms with Gasteiger partial charge < -0.3 is 0 Å². The molecule has 0 unspecified atom stereocenters. The Bertz CT molecular complexity index is 794. The SMILES string of the molecule is O=S(=O)(C1=Cc2ccccc2CC1)N1CCC[C@]2(CC=CCC2)C1. The summed E-state index contributed by atoms with van der Waals surface area (Å²) < 4.78 is 28.2. The first-order valence-electron chi connectivity index (χ1n) is 9.03. The molecule has 24 heavy (non-hydrogen) atoms. The average Bonchev–Trinajstić information content (AvgIpc) is 2.62. The number of allylic oxidation sites excluding steroid dienone is 3. The summed E-state index contributed by atoms with van der Waals surface area (Å²) in [7, 11) is -3.33. The van der Waals surface area contributed by atoms with Crippen LogP contribution in [0.15, 0.2) is 41.3 Å². The minimum absolute atomic E-state index is 0.174. The second kappa shape index (κ2) is 6.16. The molecule has 1 aromatic rings. The highest BCUT2D eigenvalue weighted by Gasteiger charge is 2.40. The molecular weight excluding hydrogens is 318 g/mol. The van der Waals surface area contributed by atoms with Gasteiger partial charge in [-0.05, 0) is 67.6 Å². The highest BCUT2D eigenvalue weighted by molar-refractivity contribution is 7.93. The van der Waals surface area contributed by atoms with Gasteiger partial charge in [0.25, 0.3) is 0 Å². The lowest BCUT2D eigenvalue weighted by Crippen LogP contribution is -2.46. The van der Waals surface area contributed by atoms with Crippen molar-refractivity contribution in [3.05, 3.63) is 52.4 Å². The number of aryl methyl sites for hydroxylation is 1. The van der Waals surface area contributed by atoms with Gasteiger partial charge in [0.15, 0.2) is 0 Å². The van der Waals surface area contributed by atoms with Gasteiger partial charge in [-0.15, -0.1) is 0 Å². The van der Waals surface area contributed by atoms with Crippen LogP contribution in [-0.4, -0.2) is 25.8 Å². The molecule has 0 saturated carbocycles. The van der Waals surface area contributed by atoms with E-state index in [0.29, 0.717) is 24.4 Å². The van der Waals surface area contributed by atoms with Crippen molar-refractivity contribution in [1.82, 2.24) is 4.31 Å². The lowest BCUT2D eigenvalue weighted by atomic mass is 9.72. The van der Waals surface area contributed by atoms with Crippen LogP contribution in [0.1, 0.15) is 49.7 Å². The zero-order valence-corrected chi connectivity index (χ0v) is 14.9. The van der Waals surface area contributed by atoms with E-state index in [2.05, 4.69) is 18.2 Å². The standard InChI is InChI=1S/C20H25NO2S/c22-24(23,19-10-9-17-7-2-3-8-18(17)15-19)21-14-6-13-20(16-21)11-4-1-5-12-20/h1-4,7-8,15H,5-6,9-14,16H2/t20-/m1/s1. The topological polar surface area (TPSA) is 37.4 Å². The smallest absolute Gasteiger partial charge is 0.207 e. The Hall–Kier alpha value is -1.39. The summed E-state index contributed by atoms with van der Waals surface area (Å²) in [6, 6.07) is 8.12. The van der Waals surface area contributed by atoms with E-state index in [-0.39, 0.29) is 5.41 Å². The predicted molar refractivity (Wildman–Crippen MR) is 97.9 cm³/mol. The molecule has 4 rings (SSSR count). The highest BCUT2D eigenvalue weighted by Crippen LogP contribution is 2.42. The fourth-order valence-corrected chi connectivity index (χ4v) is 6.24. The van der Waals surface area contributed by atoms with Gasteiger partial charge in [0.2, 0.25) is 10.0 Å². The first-order chi connectivity index (χ1) is 11.6. The molecule has 3 aliphatic rings. The second-order valence-corrected chi connectivity index (χ2v) is 9.46. The maximum Gasteiger partial charge on any atom is 0.239 e. The number of hydrogen-bond acceptors (Lipinski definition) is 2. The van der Waals surface area contributed by atoms with Crippen LogP contribution >= 0.6 is 0 Å². The van der Waals surface area contributed by atoms with Crippen molar-refractivity contribution in [2.45, 2.75) is 44.9 Å². The molecule has 128 valence electrons. The Balaban J connectivity index is 1.61. The number of sulfonamides is 1. The molecule has 1 spiro atoms. The number of piperidine rings is 1. The summed E-state index contributed by atoms with van der Waals surface area (Å²) >= 11 is 0. The second-order valence-electron chi connectivity index (χ2n) is 7.47. The van der Waals surface area contributed by atoms with Crippen molar-refractivity contribution in [3.8, 4) is 0 Å². The van der Waals surface area contributed by atoms with E-state index < -0.39 is 10.0 Å². The molecule has 1 saturated heterocycles. The lowest BCUT2D eigenvalue weighted by Gasteiger charge is -2.43. The van der Waals surface area contributed by atoms with Gasteiger partial charge in [0.05, 0.1) is 4.91 Å². The zero-order valence-electron chi connectivity index (χ0n) is 14.1. The molecule has 0 amide bonds. The van der Waals surface area contributed by atoms with Crippen LogP contribution in [-0.2, 0) is 16.4 Å². The predicted octanol–water partition coefficient (Wildman–Crippen LogP) is 4.13. The first-order valence-corrected chi connectivity index (χ1v) is 10.5. The molecular formula is C20H25NO2S. The lowest BCUT2D eigenvalue weighted by molar-refractivity contribution is 0.133. The molecule has 0 N–H and O–H groups in total. The third-order valence-corrected chi connectivity index (χ3v) is 7.84. The minimum atomic E-state index is -3.33. The van der Waals surface area contributed by atoms with Crippen molar-refractivity contribution in [2.75, 3.05) is 13.1 Å². The molecule has 0 aromatic heterocycles. The third kappa shape index (κ3) is 2.86. The van der Waals surface area contributed by atoms with E-state index in [0.717, 1.165) is 44.1 Å². The Kier molecular flexibility index (Phi) is 4.13. The average molecular weight is 343 g/mol. The number of fused-ring (bicyclic) bond motifs is 1. The van der Waals surface area contributed by atoms with Crippen LogP contribution in [0.2, 0.25) is 0 Å². The molecule has 1 atom stereocenters. The Morgan fingerprint density at radius 2 is 1.92 bits per heavy atom. The van der Waals surface area contributed by atoms with Gasteiger partial charge in [-0.3, -0.25) is 0 Å². The molecule has 1 aromatic carbocycles. The van der Waals surface area contributed by atoms with Gasteiger partial charge in [-0.1, -0.05) is 36.4 Å². The molecule has 1 heterocycles. The first kappa shape index (κ1) is 16.1. The fourth-order valence-electron chi connectivity index (χ4n) is 4.46. The molecule has 3 nitrogen and oxygen atoms in total. The Labute approximate surface area is 145 Å². The van der Waals surface area contributed by atoms with E-state index in [9.17, 15) is 8.42 Å². The van der Waals surface area contributed by atoms with Crippen molar-refractivity contribution in [3.63, 3.8) is 0 Å². The van der Waals surface area contributed by atoms with E-state index in [1.54, 1.807) is 4.31 Å². The van der Waals surface area contributed by atoms with E-state index in [4.69, 9.17) is 0 Å². The van der Waals surface area contributed by atoms with Gasteiger partial charge in [0, 0.05) is 13.1 Å². The van der Waals surface area contributed by atoms with Gasteiger partial charge >= 0.3 is 0 Å². The van der Waals surface area contributed by atoms with E-state index >= 15 is 0 Å². The summed E-state index contributed by atoms with van der Waals surface area (Å²) in [5, 5.41) is 0. The maximum absolute atomic E-state index is 13.2. The monoisotopic (exact) mass is 343 g/mol. The van der Waals surface area contributed by atoms with Crippen LogP contribution in [0.25, 0.3) is 6.08 Å². The quantitative estimate of drug-likeness (QED) is 0.757. The van der Waals surface area contributed by atoms with Crippen molar-refractivity contribution in [1.29, 1.82) is 0 Å². The Morgan fingerprint density at radius 1 is 1.04 bits per heavy atom. The van der Waals surface area contributed by atoms with E-state index in [1.807, 2.05) is 24.3 Å². The normalized spacial score (nSPS) is 27.8. The van der Waals surface area contributed by atoms with Gasteiger partial charge in [-0.25, -0.2) is 8.42 Å². The number of benzene rings is 1. The van der Waals surface area contributed by atoms with Crippen LogP contribution < -0.4 is 0 Å². The number of rotatable bonds is 2. The maximum atomic E-state index is 13.2. The summed E-state index contributed by atoms with van der Waals surface area (Å²) in [6.45, 7) is 1.37. The summed E-state index contributed by atoms with van der Waals surface area (Å²) in [4.78, 5) is 0.601. The molecule has 0 radical (unpaired) electrons. The molecule has 0 bridgehead atoms. The van der Waals surface area contributed by atoms with Gasteiger partial charge in [0.1, 0.15) is 0 Å². The third-order valence-electron chi connectivity index (χ3n) is 5.87. The fraction of sp³-hybridized carbons (Fsp3) is 0.500. The largest absolute Gasteiger partial charge is 0.239 e. The van der Waals surface area contributed by atoms with Crippen LogP contribution in [0.4, 0.5) is 0 Å². The molecule has 4 heteroatoms. The Morgan fingerprint density at radius 3 is 2.75 bits per heavy atom. The van der Waals surface area contributed by atoms with E-state index in [1.165, 1.54) is 5.56 Å². The van der Waals surface area contributed by atoms with Crippen molar-refractivity contribution < 1.29 is 8.42 Å². The highest BCUT2D eigenvalue weighted by atomic mass is 32.2. The van der Waals surface area contributed by atoms with Crippen LogP contribution in [0.5, 0.6) is 0 Å². The molecule has 1 aliphatic heterocycles. The number of hydrogen-bond donors (Lipinski definition) is 0. The number of nitrogens with zero attached hydrogens (tertiary/aromatic N) is 1. The minimum Gasteiger partial charge on any atom is -0.207 e. The van der Waals surface area contributed by atoms with Crippen LogP contribution in [0.3, 0.4) is 0 Å². The zero-order chi connectivity index (χ0) is 16.6. The van der Waals surface area contributed by atoms with Crippen molar-refractivity contribution >= 4 is 16.1 Å². The van der Waals surface area contributed by atoms with Crippen LogP contribution in [0, 0.1) is 5.41 Å².